The number of carbonyl (C=O) groups excluding carboxylic acids is 1. The summed E-state index contributed by atoms with van der Waals surface area (Å²) < 4.78 is 6.08. The Morgan fingerprint density at radius 3 is 2.97 bits per heavy atom. The molecule has 2 aliphatic heterocycles. The maximum atomic E-state index is 11.8. The van der Waals surface area contributed by atoms with E-state index in [1.54, 1.807) is 12.4 Å². The molecule has 1 N–H and O–H groups in total. The molecule has 1 saturated heterocycles. The number of dihydropyridines is 1. The number of likely N-dealkylation sites (tertiary alicyclic amines) is 1. The van der Waals surface area contributed by atoms with Gasteiger partial charge in [-0.1, -0.05) is 17.7 Å². The normalized spacial score (nSPS) is 24.7. The van der Waals surface area contributed by atoms with E-state index in [1.165, 1.54) is 0 Å². The second kappa shape index (κ2) is 8.37. The molecule has 0 radical (unpaired) electrons. The molecule has 0 spiro atoms. The lowest BCUT2D eigenvalue weighted by atomic mass is 9.87. The molecule has 1 fully saturated rings. The van der Waals surface area contributed by atoms with Gasteiger partial charge in [0.25, 0.3) is 0 Å². The number of carboxylic acid groups (broad SMARTS) is 1. The third-order valence-electron chi connectivity index (χ3n) is 5.56. The van der Waals surface area contributed by atoms with Gasteiger partial charge in [-0.3, -0.25) is 14.6 Å². The minimum absolute atomic E-state index is 0.0585. The van der Waals surface area contributed by atoms with E-state index in [-0.39, 0.29) is 29.4 Å². The van der Waals surface area contributed by atoms with Crippen LogP contribution in [0.15, 0.2) is 40.1 Å². The van der Waals surface area contributed by atoms with Crippen molar-refractivity contribution in [1.29, 1.82) is 0 Å². The van der Waals surface area contributed by atoms with Crippen molar-refractivity contribution in [2.24, 2.45) is 10.9 Å². The molecule has 2 atom stereocenters. The number of Topliss-reactive ketones (excluding diaryl/α,β-unsaturated/α-hetero) is 1. The highest BCUT2D eigenvalue weighted by molar-refractivity contribution is 6.44. The molecule has 0 amide bonds. The lowest BCUT2D eigenvalue weighted by Gasteiger charge is -2.22. The Morgan fingerprint density at radius 1 is 1.34 bits per heavy atom. The zero-order valence-electron chi connectivity index (χ0n) is 15.9. The molecule has 3 aliphatic rings. The quantitative estimate of drug-likeness (QED) is 0.794. The minimum atomic E-state index is -0.732. The SMILES string of the molecule is O=C1CN=CC(N2CC[C@@H](Oc3cc(C4=CCC(C(=O)O)CC4)ccn3)C2)=C1Cl. The first-order valence-electron chi connectivity index (χ1n) is 9.74. The zero-order valence-corrected chi connectivity index (χ0v) is 16.6. The Hall–Kier alpha value is -2.67. The Labute approximate surface area is 173 Å². The summed E-state index contributed by atoms with van der Waals surface area (Å²) in [5.74, 6) is -0.639. The van der Waals surface area contributed by atoms with E-state index in [4.69, 9.17) is 21.4 Å². The highest BCUT2D eigenvalue weighted by Gasteiger charge is 2.29. The van der Waals surface area contributed by atoms with Crippen molar-refractivity contribution in [3.63, 3.8) is 0 Å². The highest BCUT2D eigenvalue weighted by atomic mass is 35.5. The highest BCUT2D eigenvalue weighted by Crippen LogP contribution is 2.32. The first-order valence-corrected chi connectivity index (χ1v) is 10.1. The van der Waals surface area contributed by atoms with Crippen LogP contribution < -0.4 is 4.74 Å². The first kappa shape index (κ1) is 19.6. The lowest BCUT2D eigenvalue weighted by Crippen LogP contribution is -2.28. The maximum Gasteiger partial charge on any atom is 0.306 e. The maximum absolute atomic E-state index is 11.8. The topological polar surface area (TPSA) is 92.1 Å². The van der Waals surface area contributed by atoms with Gasteiger partial charge in [0, 0.05) is 31.4 Å². The average molecular weight is 416 g/mol. The summed E-state index contributed by atoms with van der Waals surface area (Å²) in [6.45, 7) is 1.45. The third kappa shape index (κ3) is 4.34. The Bertz CT molecular complexity index is 924. The van der Waals surface area contributed by atoms with Gasteiger partial charge in [-0.25, -0.2) is 4.98 Å². The number of hydrogen-bond donors (Lipinski definition) is 1. The van der Waals surface area contributed by atoms with Crippen LogP contribution in [0, 0.1) is 5.92 Å². The van der Waals surface area contributed by atoms with Crippen LogP contribution in [0.5, 0.6) is 5.88 Å². The van der Waals surface area contributed by atoms with Crippen LogP contribution in [0.25, 0.3) is 5.57 Å². The molecular formula is C21H22ClN3O4. The van der Waals surface area contributed by atoms with Crippen molar-refractivity contribution < 1.29 is 19.4 Å². The molecule has 4 rings (SSSR count). The zero-order chi connectivity index (χ0) is 20.4. The number of aromatic nitrogens is 1. The molecule has 1 aromatic heterocycles. The third-order valence-corrected chi connectivity index (χ3v) is 5.96. The predicted octanol–water partition coefficient (Wildman–Crippen LogP) is 2.91. The molecular weight excluding hydrogens is 394 g/mol. The summed E-state index contributed by atoms with van der Waals surface area (Å²) in [6.07, 6.45) is 8.05. The van der Waals surface area contributed by atoms with E-state index in [2.05, 4.69) is 9.98 Å². The van der Waals surface area contributed by atoms with E-state index in [1.807, 2.05) is 23.1 Å². The van der Waals surface area contributed by atoms with E-state index in [0.717, 1.165) is 30.5 Å². The summed E-state index contributed by atoms with van der Waals surface area (Å²) in [4.78, 5) is 33.3. The van der Waals surface area contributed by atoms with Crippen molar-refractivity contribution in [3.05, 3.63) is 40.7 Å². The van der Waals surface area contributed by atoms with Crippen molar-refractivity contribution >= 4 is 35.1 Å². The van der Waals surface area contributed by atoms with Crippen molar-refractivity contribution in [1.82, 2.24) is 9.88 Å². The molecule has 1 unspecified atom stereocenters. The van der Waals surface area contributed by atoms with Crippen molar-refractivity contribution in [3.8, 4) is 5.88 Å². The second-order valence-electron chi connectivity index (χ2n) is 7.49. The summed E-state index contributed by atoms with van der Waals surface area (Å²) in [5, 5.41) is 9.38. The number of rotatable bonds is 5. The Kier molecular flexibility index (Phi) is 5.67. The van der Waals surface area contributed by atoms with Crippen LogP contribution in [-0.4, -0.2) is 58.7 Å². The van der Waals surface area contributed by atoms with Crippen LogP contribution in [-0.2, 0) is 9.59 Å². The lowest BCUT2D eigenvalue weighted by molar-refractivity contribution is -0.141. The predicted molar refractivity (Wildman–Crippen MR) is 109 cm³/mol. The number of carbonyl (C=O) groups is 2. The second-order valence-corrected chi connectivity index (χ2v) is 7.87. The van der Waals surface area contributed by atoms with E-state index >= 15 is 0 Å². The molecule has 3 heterocycles. The van der Waals surface area contributed by atoms with Crippen LogP contribution in [0.4, 0.5) is 0 Å². The number of aliphatic imine (C=N–C) groups is 1. The Balaban J connectivity index is 1.41. The molecule has 7 nitrogen and oxygen atoms in total. The summed E-state index contributed by atoms with van der Waals surface area (Å²) in [7, 11) is 0. The van der Waals surface area contributed by atoms with E-state index < -0.39 is 5.97 Å². The molecule has 8 heteroatoms. The summed E-state index contributed by atoms with van der Waals surface area (Å²) >= 11 is 6.16. The van der Waals surface area contributed by atoms with Gasteiger partial charge < -0.3 is 14.7 Å². The van der Waals surface area contributed by atoms with Gasteiger partial charge >= 0.3 is 5.97 Å². The fourth-order valence-corrected chi connectivity index (χ4v) is 4.14. The standard InChI is InChI=1S/C21H22ClN3O4/c22-20-17(10-23-11-18(20)26)25-8-6-16(12-25)29-19-9-15(5-7-24-19)13-1-3-14(4-2-13)21(27)28/h1,5,7,9-10,14,16H,2-4,6,8,11-12H2,(H,27,28)/t14?,16-/m1/s1. The molecule has 0 aromatic carbocycles. The van der Waals surface area contributed by atoms with Crippen LogP contribution in [0.1, 0.15) is 31.2 Å². The fraction of sp³-hybridized carbons (Fsp3) is 0.429. The number of nitrogens with zero attached hydrogens (tertiary/aromatic N) is 3. The number of carboxylic acids is 1. The molecule has 0 saturated carbocycles. The number of allylic oxidation sites excluding steroid dienone is 3. The molecule has 1 aliphatic carbocycles. The van der Waals surface area contributed by atoms with Crippen molar-refractivity contribution in [2.45, 2.75) is 31.8 Å². The van der Waals surface area contributed by atoms with Crippen LogP contribution >= 0.6 is 11.6 Å². The van der Waals surface area contributed by atoms with Crippen molar-refractivity contribution in [2.75, 3.05) is 19.6 Å². The first-order chi connectivity index (χ1) is 14.0. The largest absolute Gasteiger partial charge is 0.481 e. The smallest absolute Gasteiger partial charge is 0.306 e. The van der Waals surface area contributed by atoms with Gasteiger partial charge in [-0.15, -0.1) is 0 Å². The van der Waals surface area contributed by atoms with Gasteiger partial charge in [0.2, 0.25) is 5.88 Å². The molecule has 152 valence electrons. The summed E-state index contributed by atoms with van der Waals surface area (Å²) in [6, 6.07) is 3.84. The van der Waals surface area contributed by atoms with E-state index in [0.29, 0.717) is 31.0 Å². The van der Waals surface area contributed by atoms with Gasteiger partial charge in [0.05, 0.1) is 18.2 Å². The summed E-state index contributed by atoms with van der Waals surface area (Å²) in [5.41, 5.74) is 2.82. The minimum Gasteiger partial charge on any atom is -0.481 e. The van der Waals surface area contributed by atoms with Crippen LogP contribution in [0.2, 0.25) is 0 Å². The molecule has 29 heavy (non-hydrogen) atoms. The average Bonchev–Trinajstić information content (AvgIpc) is 3.18. The number of pyridine rings is 1. The van der Waals surface area contributed by atoms with Gasteiger partial charge in [0.1, 0.15) is 17.7 Å². The van der Waals surface area contributed by atoms with Gasteiger partial charge in [0.15, 0.2) is 5.78 Å². The van der Waals surface area contributed by atoms with Gasteiger partial charge in [-0.2, -0.15) is 0 Å². The number of aliphatic carboxylic acids is 1. The fourth-order valence-electron chi connectivity index (χ4n) is 3.91. The molecule has 1 aromatic rings. The van der Waals surface area contributed by atoms with Gasteiger partial charge in [-0.05, 0) is 36.5 Å². The Morgan fingerprint density at radius 2 is 2.21 bits per heavy atom. The van der Waals surface area contributed by atoms with E-state index in [9.17, 15) is 9.59 Å². The monoisotopic (exact) mass is 415 g/mol. The molecule has 0 bridgehead atoms. The number of halogens is 1. The number of ketones is 1. The number of ether oxygens (including phenoxy) is 1. The van der Waals surface area contributed by atoms with Crippen LogP contribution in [0.3, 0.4) is 0 Å². The number of hydrogen-bond acceptors (Lipinski definition) is 6.